The van der Waals surface area contributed by atoms with Crippen molar-refractivity contribution < 1.29 is 28.3 Å². The van der Waals surface area contributed by atoms with E-state index in [1.807, 2.05) is 0 Å². The van der Waals surface area contributed by atoms with Gasteiger partial charge in [0, 0.05) is 5.02 Å². The number of carbonyl (C=O) groups is 4. The number of benzene rings is 1. The maximum atomic E-state index is 13.7. The van der Waals surface area contributed by atoms with Crippen molar-refractivity contribution in [3.8, 4) is 0 Å². The molecule has 0 spiro atoms. The number of imide groups is 1. The molecule has 1 aliphatic carbocycles. The molecule has 0 bridgehead atoms. The van der Waals surface area contributed by atoms with E-state index in [1.165, 1.54) is 19.1 Å². The quantitative estimate of drug-likeness (QED) is 0.594. The lowest BCUT2D eigenvalue weighted by molar-refractivity contribution is -0.159. The fourth-order valence-electron chi connectivity index (χ4n) is 3.71. The first-order valence-electron chi connectivity index (χ1n) is 9.08. The van der Waals surface area contributed by atoms with Gasteiger partial charge in [-0.3, -0.25) is 19.3 Å². The number of rotatable bonds is 5. The first kappa shape index (κ1) is 20.3. The highest BCUT2D eigenvalue weighted by Crippen LogP contribution is 2.38. The maximum absolute atomic E-state index is 13.7. The number of nitrogens with zero attached hydrogens (tertiary/aromatic N) is 1. The van der Waals surface area contributed by atoms with Crippen LogP contribution in [-0.2, 0) is 23.9 Å². The average Bonchev–Trinajstić information content (AvgIpc) is 2.92. The molecule has 1 heterocycles. The zero-order valence-electron chi connectivity index (χ0n) is 15.2. The van der Waals surface area contributed by atoms with E-state index in [1.54, 1.807) is 0 Å². The molecule has 0 aromatic heterocycles. The minimum atomic E-state index is -1.12. The van der Waals surface area contributed by atoms with E-state index in [0.717, 1.165) is 23.8 Å². The lowest BCUT2D eigenvalue weighted by atomic mass is 9.81. The molecule has 1 saturated carbocycles. The van der Waals surface area contributed by atoms with Gasteiger partial charge in [-0.15, -0.1) is 0 Å². The summed E-state index contributed by atoms with van der Waals surface area (Å²) in [5.41, 5.74) is -0.104. The molecule has 28 heavy (non-hydrogen) atoms. The Bertz CT molecular complexity index is 807. The van der Waals surface area contributed by atoms with Crippen molar-refractivity contribution in [2.45, 2.75) is 38.6 Å². The van der Waals surface area contributed by atoms with Crippen LogP contribution >= 0.6 is 11.6 Å². The zero-order chi connectivity index (χ0) is 20.4. The van der Waals surface area contributed by atoms with Crippen molar-refractivity contribution in [3.05, 3.63) is 29.0 Å². The normalized spacial score (nSPS) is 22.6. The number of hydrogen-bond acceptors (Lipinski definition) is 5. The van der Waals surface area contributed by atoms with Crippen LogP contribution in [0.15, 0.2) is 18.2 Å². The molecule has 1 aliphatic heterocycles. The summed E-state index contributed by atoms with van der Waals surface area (Å²) in [5.74, 6) is -3.79. The summed E-state index contributed by atoms with van der Waals surface area (Å²) in [6, 6.07) is 2.60. The van der Waals surface area contributed by atoms with Gasteiger partial charge in [-0.2, -0.15) is 0 Å². The molecule has 3 atom stereocenters. The van der Waals surface area contributed by atoms with Crippen molar-refractivity contribution in [1.82, 2.24) is 4.90 Å². The van der Waals surface area contributed by atoms with Crippen molar-refractivity contribution in [2.24, 2.45) is 11.8 Å². The first-order valence-corrected chi connectivity index (χ1v) is 9.46. The van der Waals surface area contributed by atoms with Gasteiger partial charge >= 0.3 is 5.97 Å². The van der Waals surface area contributed by atoms with Crippen LogP contribution in [0.5, 0.6) is 0 Å². The first-order chi connectivity index (χ1) is 13.3. The Morgan fingerprint density at radius 1 is 1.25 bits per heavy atom. The Hall–Kier alpha value is -2.48. The van der Waals surface area contributed by atoms with Gasteiger partial charge in [0.05, 0.1) is 17.5 Å². The van der Waals surface area contributed by atoms with Crippen LogP contribution in [0.2, 0.25) is 5.02 Å². The third kappa shape index (κ3) is 4.01. The van der Waals surface area contributed by atoms with Gasteiger partial charge in [-0.05, 0) is 38.0 Å². The molecule has 2 aliphatic rings. The van der Waals surface area contributed by atoms with Crippen LogP contribution in [0.25, 0.3) is 0 Å². The number of ether oxygens (including phenoxy) is 1. The zero-order valence-corrected chi connectivity index (χ0v) is 16.0. The van der Waals surface area contributed by atoms with Gasteiger partial charge in [-0.25, -0.2) is 9.18 Å². The van der Waals surface area contributed by atoms with Gasteiger partial charge in [-0.1, -0.05) is 24.4 Å². The number of likely N-dealkylation sites (tertiary alicyclic amines) is 1. The standard InChI is InChI=1S/C19H20ClFN2O5/c1-10(23-17(25)12-4-2-3-5-13(12)18(23)26)19(27)28-9-16(24)22-15-7-6-11(20)8-14(15)21/h6-8,10,12-13H,2-5,9H2,1H3,(H,22,24)/t10-,12-,13+/m0/s1. The molecule has 9 heteroatoms. The lowest BCUT2D eigenvalue weighted by Gasteiger charge is -2.21. The number of carbonyl (C=O) groups excluding carboxylic acids is 4. The van der Waals surface area contributed by atoms with E-state index in [9.17, 15) is 23.6 Å². The molecule has 2 fully saturated rings. The molecular formula is C19H20ClFN2O5. The van der Waals surface area contributed by atoms with Gasteiger partial charge < -0.3 is 10.1 Å². The number of nitrogens with one attached hydrogen (secondary N) is 1. The van der Waals surface area contributed by atoms with E-state index < -0.39 is 30.3 Å². The van der Waals surface area contributed by atoms with Crippen molar-refractivity contribution in [3.63, 3.8) is 0 Å². The molecular weight excluding hydrogens is 391 g/mol. The maximum Gasteiger partial charge on any atom is 0.329 e. The summed E-state index contributed by atoms with van der Waals surface area (Å²) in [4.78, 5) is 50.1. The lowest BCUT2D eigenvalue weighted by Crippen LogP contribution is -2.45. The van der Waals surface area contributed by atoms with Crippen LogP contribution in [-0.4, -0.2) is 41.2 Å². The van der Waals surface area contributed by atoms with Gasteiger partial charge in [0.1, 0.15) is 11.9 Å². The third-order valence-electron chi connectivity index (χ3n) is 5.15. The monoisotopic (exact) mass is 410 g/mol. The third-order valence-corrected chi connectivity index (χ3v) is 5.39. The molecule has 150 valence electrons. The summed E-state index contributed by atoms with van der Waals surface area (Å²) in [6.45, 7) is 0.723. The summed E-state index contributed by atoms with van der Waals surface area (Å²) >= 11 is 5.64. The van der Waals surface area contributed by atoms with E-state index >= 15 is 0 Å². The predicted octanol–water partition coefficient (Wildman–Crippen LogP) is 2.52. The summed E-state index contributed by atoms with van der Waals surface area (Å²) in [5, 5.41) is 2.44. The molecule has 1 aromatic rings. The van der Waals surface area contributed by atoms with E-state index in [4.69, 9.17) is 16.3 Å². The van der Waals surface area contributed by atoms with Crippen LogP contribution in [0, 0.1) is 17.7 Å². The topological polar surface area (TPSA) is 92.8 Å². The van der Waals surface area contributed by atoms with Crippen molar-refractivity contribution >= 4 is 41.0 Å². The Labute approximate surface area is 166 Å². The molecule has 7 nitrogen and oxygen atoms in total. The highest BCUT2D eigenvalue weighted by Gasteiger charge is 2.51. The highest BCUT2D eigenvalue weighted by molar-refractivity contribution is 6.30. The number of hydrogen-bond donors (Lipinski definition) is 1. The predicted molar refractivity (Wildman–Crippen MR) is 97.8 cm³/mol. The SMILES string of the molecule is C[C@@H](C(=O)OCC(=O)Nc1ccc(Cl)cc1F)N1C(=O)[C@H]2CCCC[C@H]2C1=O. The van der Waals surface area contributed by atoms with E-state index in [2.05, 4.69) is 5.32 Å². The average molecular weight is 411 g/mol. The van der Waals surface area contributed by atoms with Crippen LogP contribution in [0.4, 0.5) is 10.1 Å². The smallest absolute Gasteiger partial charge is 0.329 e. The highest BCUT2D eigenvalue weighted by atomic mass is 35.5. The fourth-order valence-corrected chi connectivity index (χ4v) is 3.87. The fraction of sp³-hybridized carbons (Fsp3) is 0.474. The molecule has 1 N–H and O–H groups in total. The van der Waals surface area contributed by atoms with Gasteiger partial charge in [0.15, 0.2) is 6.61 Å². The Morgan fingerprint density at radius 2 is 1.86 bits per heavy atom. The Kier molecular flexibility index (Phi) is 5.98. The minimum absolute atomic E-state index is 0.104. The molecule has 1 saturated heterocycles. The molecule has 0 radical (unpaired) electrons. The van der Waals surface area contributed by atoms with Gasteiger partial charge in [0.25, 0.3) is 5.91 Å². The second kappa shape index (κ2) is 8.26. The summed E-state index contributed by atoms with van der Waals surface area (Å²) < 4.78 is 18.6. The Morgan fingerprint density at radius 3 is 2.43 bits per heavy atom. The molecule has 1 aromatic carbocycles. The molecule has 3 amide bonds. The van der Waals surface area contributed by atoms with Gasteiger partial charge in [0.2, 0.25) is 11.8 Å². The number of fused-ring (bicyclic) bond motifs is 1. The van der Waals surface area contributed by atoms with Crippen LogP contribution in [0.1, 0.15) is 32.6 Å². The molecule has 0 unspecified atom stereocenters. The minimum Gasteiger partial charge on any atom is -0.454 e. The second-order valence-corrected chi connectivity index (χ2v) is 7.44. The Balaban J connectivity index is 1.56. The van der Waals surface area contributed by atoms with Crippen LogP contribution < -0.4 is 5.32 Å². The van der Waals surface area contributed by atoms with E-state index in [0.29, 0.717) is 12.8 Å². The second-order valence-electron chi connectivity index (χ2n) is 7.00. The number of anilines is 1. The summed E-state index contributed by atoms with van der Waals surface area (Å²) in [7, 11) is 0. The number of esters is 1. The van der Waals surface area contributed by atoms with E-state index in [-0.39, 0.29) is 34.4 Å². The molecule has 3 rings (SSSR count). The van der Waals surface area contributed by atoms with Crippen molar-refractivity contribution in [2.75, 3.05) is 11.9 Å². The van der Waals surface area contributed by atoms with Crippen LogP contribution in [0.3, 0.4) is 0 Å². The number of halogens is 2. The van der Waals surface area contributed by atoms with Crippen molar-refractivity contribution in [1.29, 1.82) is 0 Å². The number of amides is 3. The summed E-state index contributed by atoms with van der Waals surface area (Å²) in [6.07, 6.45) is 3.05. The largest absolute Gasteiger partial charge is 0.454 e.